The van der Waals surface area contributed by atoms with Gasteiger partial charge < -0.3 is 5.32 Å². The molecule has 0 aliphatic heterocycles. The van der Waals surface area contributed by atoms with E-state index in [1.807, 2.05) is 19.2 Å². The number of thiazole rings is 1. The second-order valence-electron chi connectivity index (χ2n) is 3.99. The predicted molar refractivity (Wildman–Crippen MR) is 73.1 cm³/mol. The largest absolute Gasteiger partial charge is 0.332 e. The molecule has 2 heterocycles. The maximum atomic E-state index is 11.7. The Bertz CT molecular complexity index is 576. The zero-order valence-corrected chi connectivity index (χ0v) is 11.9. The van der Waals surface area contributed by atoms with E-state index < -0.39 is 0 Å². The lowest BCUT2D eigenvalue weighted by molar-refractivity contribution is 0.251. The first kappa shape index (κ1) is 13.5. The molecule has 2 rings (SSSR count). The predicted octanol–water partition coefficient (Wildman–Crippen LogP) is 1.46. The fourth-order valence-corrected chi connectivity index (χ4v) is 2.20. The summed E-state index contributed by atoms with van der Waals surface area (Å²) in [6, 6.07) is -0.334. The van der Waals surface area contributed by atoms with Crippen LogP contribution in [-0.4, -0.2) is 25.8 Å². The Hall–Kier alpha value is -1.96. The molecule has 0 atom stereocenters. The van der Waals surface area contributed by atoms with Crippen LogP contribution in [0.4, 0.5) is 10.7 Å². The monoisotopic (exact) mass is 280 g/mol. The van der Waals surface area contributed by atoms with Crippen LogP contribution >= 0.6 is 11.3 Å². The minimum Gasteiger partial charge on any atom is -0.332 e. The molecule has 0 radical (unpaired) electrons. The number of urea groups is 1. The molecule has 0 aliphatic carbocycles. The molecule has 2 aromatic heterocycles. The van der Waals surface area contributed by atoms with E-state index in [1.165, 1.54) is 0 Å². The van der Waals surface area contributed by atoms with E-state index in [9.17, 15) is 4.79 Å². The molecular weight excluding hydrogens is 264 g/mol. The molecular formula is C11H16N6OS. The summed E-state index contributed by atoms with van der Waals surface area (Å²) in [5.41, 5.74) is 0.848. The van der Waals surface area contributed by atoms with Crippen LogP contribution in [0.2, 0.25) is 0 Å². The summed E-state index contributed by atoms with van der Waals surface area (Å²) in [6.45, 7) is 4.31. The number of hydrogen-bond acceptors (Lipinski definition) is 5. The van der Waals surface area contributed by atoms with Gasteiger partial charge in [-0.15, -0.1) is 16.4 Å². The lowest BCUT2D eigenvalue weighted by Crippen LogP contribution is -2.28. The normalized spacial score (nSPS) is 10.5. The van der Waals surface area contributed by atoms with Crippen molar-refractivity contribution in [2.75, 3.05) is 5.32 Å². The van der Waals surface area contributed by atoms with Gasteiger partial charge in [0.25, 0.3) is 0 Å². The Balaban J connectivity index is 1.86. The minimum atomic E-state index is -0.334. The van der Waals surface area contributed by atoms with Gasteiger partial charge in [-0.05, 0) is 6.92 Å². The molecule has 0 unspecified atom stereocenters. The minimum absolute atomic E-state index is 0.311. The quantitative estimate of drug-likeness (QED) is 0.888. The highest BCUT2D eigenvalue weighted by atomic mass is 32.1. The Morgan fingerprint density at radius 1 is 1.47 bits per heavy atom. The van der Waals surface area contributed by atoms with Gasteiger partial charge in [-0.25, -0.2) is 9.78 Å². The average Bonchev–Trinajstić information content (AvgIpc) is 2.93. The number of rotatable bonds is 4. The second kappa shape index (κ2) is 5.79. The number of anilines is 1. The highest BCUT2D eigenvalue weighted by Crippen LogP contribution is 2.07. The van der Waals surface area contributed by atoms with E-state index >= 15 is 0 Å². The summed E-state index contributed by atoms with van der Waals surface area (Å²) in [6.07, 6.45) is 0.769. The molecule has 2 amide bonds. The number of carbonyl (C=O) groups is 1. The maximum absolute atomic E-state index is 11.7. The zero-order valence-electron chi connectivity index (χ0n) is 11.1. The third-order valence-electron chi connectivity index (χ3n) is 2.49. The molecule has 0 bridgehead atoms. The number of hydrogen-bond donors (Lipinski definition) is 2. The van der Waals surface area contributed by atoms with Gasteiger partial charge in [-0.3, -0.25) is 10.00 Å². The van der Waals surface area contributed by atoms with Crippen LogP contribution in [-0.2, 0) is 20.0 Å². The molecule has 7 nitrogen and oxygen atoms in total. The number of nitrogens with one attached hydrogen (secondary N) is 2. The Labute approximate surface area is 115 Å². The number of aromatic nitrogens is 4. The Morgan fingerprint density at radius 3 is 2.84 bits per heavy atom. The summed E-state index contributed by atoms with van der Waals surface area (Å²) in [5.74, 6) is 1.14. The van der Waals surface area contributed by atoms with Crippen molar-refractivity contribution in [2.24, 2.45) is 7.05 Å². The van der Waals surface area contributed by atoms with E-state index in [2.05, 4.69) is 25.7 Å². The van der Waals surface area contributed by atoms with Crippen LogP contribution in [0.3, 0.4) is 0 Å². The lowest BCUT2D eigenvalue weighted by atomic mass is 10.5. The van der Waals surface area contributed by atoms with Crippen molar-refractivity contribution in [3.05, 3.63) is 21.9 Å². The maximum Gasteiger partial charge on any atom is 0.321 e. The standard InChI is InChI=1S/C11H16N6OS/c1-4-9-14-10(16-17(9)3)15-11(18)12-5-8-6-19-7(2)13-8/h6H,4-5H2,1-3H3,(H2,12,15,16,18). The fourth-order valence-electron chi connectivity index (χ4n) is 1.58. The van der Waals surface area contributed by atoms with Gasteiger partial charge in [0.2, 0.25) is 5.95 Å². The van der Waals surface area contributed by atoms with Crippen molar-refractivity contribution < 1.29 is 4.79 Å². The number of carbonyl (C=O) groups excluding carboxylic acids is 1. The molecule has 19 heavy (non-hydrogen) atoms. The van der Waals surface area contributed by atoms with Crippen molar-refractivity contribution in [3.8, 4) is 0 Å². The first-order valence-corrected chi connectivity index (χ1v) is 6.82. The second-order valence-corrected chi connectivity index (χ2v) is 5.06. The molecule has 0 aliphatic rings. The van der Waals surface area contributed by atoms with E-state index in [-0.39, 0.29) is 6.03 Å². The molecule has 102 valence electrons. The third-order valence-corrected chi connectivity index (χ3v) is 3.31. The topological polar surface area (TPSA) is 84.7 Å². The molecule has 0 spiro atoms. The highest BCUT2D eigenvalue weighted by Gasteiger charge is 2.09. The number of nitrogens with zero attached hydrogens (tertiary/aromatic N) is 4. The van der Waals surface area contributed by atoms with Crippen LogP contribution in [0.15, 0.2) is 5.38 Å². The first-order chi connectivity index (χ1) is 9.08. The number of aryl methyl sites for hydroxylation is 3. The van der Waals surface area contributed by atoms with E-state index in [4.69, 9.17) is 0 Å². The molecule has 0 saturated carbocycles. The Morgan fingerprint density at radius 2 is 2.26 bits per heavy atom. The summed E-state index contributed by atoms with van der Waals surface area (Å²) in [7, 11) is 1.80. The lowest BCUT2D eigenvalue weighted by Gasteiger charge is -2.02. The third kappa shape index (κ3) is 3.50. The summed E-state index contributed by atoms with van der Waals surface area (Å²) in [5, 5.41) is 12.3. The van der Waals surface area contributed by atoms with Crippen LogP contribution in [0.5, 0.6) is 0 Å². The SMILES string of the molecule is CCc1nc(NC(=O)NCc2csc(C)n2)nn1C. The molecule has 2 N–H and O–H groups in total. The van der Waals surface area contributed by atoms with Gasteiger partial charge in [-0.1, -0.05) is 6.92 Å². The van der Waals surface area contributed by atoms with Crippen molar-refractivity contribution in [3.63, 3.8) is 0 Å². The van der Waals surface area contributed by atoms with Crippen molar-refractivity contribution in [1.29, 1.82) is 0 Å². The molecule has 0 fully saturated rings. The van der Waals surface area contributed by atoms with Gasteiger partial charge in [0.15, 0.2) is 0 Å². The zero-order chi connectivity index (χ0) is 13.8. The number of amides is 2. The van der Waals surface area contributed by atoms with Gasteiger partial charge in [0, 0.05) is 18.8 Å². The van der Waals surface area contributed by atoms with Crippen molar-refractivity contribution >= 4 is 23.3 Å². The van der Waals surface area contributed by atoms with E-state index in [1.54, 1.807) is 23.1 Å². The van der Waals surface area contributed by atoms with Gasteiger partial charge in [0.1, 0.15) is 5.82 Å². The molecule has 2 aromatic rings. The van der Waals surface area contributed by atoms with E-state index in [0.29, 0.717) is 12.5 Å². The Kier molecular flexibility index (Phi) is 4.10. The van der Waals surface area contributed by atoms with Gasteiger partial charge in [0.05, 0.1) is 17.2 Å². The molecule has 0 saturated heterocycles. The summed E-state index contributed by atoms with van der Waals surface area (Å²) in [4.78, 5) is 20.1. The smallest absolute Gasteiger partial charge is 0.321 e. The van der Waals surface area contributed by atoms with Crippen LogP contribution in [0.25, 0.3) is 0 Å². The average molecular weight is 280 g/mol. The first-order valence-electron chi connectivity index (χ1n) is 5.94. The highest BCUT2D eigenvalue weighted by molar-refractivity contribution is 7.09. The van der Waals surface area contributed by atoms with Crippen molar-refractivity contribution in [1.82, 2.24) is 25.1 Å². The molecule has 8 heteroatoms. The van der Waals surface area contributed by atoms with Crippen LogP contribution in [0.1, 0.15) is 23.4 Å². The molecule has 0 aromatic carbocycles. The summed E-state index contributed by atoms with van der Waals surface area (Å²) < 4.78 is 1.65. The van der Waals surface area contributed by atoms with Crippen molar-refractivity contribution in [2.45, 2.75) is 26.8 Å². The van der Waals surface area contributed by atoms with Gasteiger partial charge in [-0.2, -0.15) is 4.98 Å². The summed E-state index contributed by atoms with van der Waals surface area (Å²) >= 11 is 1.56. The fraction of sp³-hybridized carbons (Fsp3) is 0.455. The van der Waals surface area contributed by atoms with Crippen LogP contribution < -0.4 is 10.6 Å². The van der Waals surface area contributed by atoms with Crippen LogP contribution in [0, 0.1) is 6.92 Å². The van der Waals surface area contributed by atoms with E-state index in [0.717, 1.165) is 22.9 Å². The van der Waals surface area contributed by atoms with Gasteiger partial charge >= 0.3 is 6.03 Å².